The van der Waals surface area contributed by atoms with Gasteiger partial charge in [-0.1, -0.05) is 6.07 Å². The van der Waals surface area contributed by atoms with E-state index < -0.39 is 37.2 Å². The minimum atomic E-state index is -4.03. The van der Waals surface area contributed by atoms with Crippen molar-refractivity contribution in [1.29, 1.82) is 0 Å². The maximum absolute atomic E-state index is 13.9. The number of phosphoric ester groups is 1. The molecule has 24 heavy (non-hydrogen) atoms. The van der Waals surface area contributed by atoms with E-state index in [1.165, 1.54) is 12.1 Å². The first-order valence-electron chi connectivity index (χ1n) is 7.40. The smallest absolute Gasteiger partial charge is 0.481 e. The van der Waals surface area contributed by atoms with Gasteiger partial charge in [0.1, 0.15) is 11.6 Å². The summed E-state index contributed by atoms with van der Waals surface area (Å²) in [6, 6.07) is 3.55. The second-order valence-corrected chi connectivity index (χ2v) is 8.71. The van der Waals surface area contributed by atoms with E-state index in [-0.39, 0.29) is 11.3 Å². The molecule has 1 rings (SSSR count). The molecule has 1 aromatic carbocycles. The predicted octanol–water partition coefficient (Wildman–Crippen LogP) is 4.57. The fourth-order valence-corrected chi connectivity index (χ4v) is 3.57. The van der Waals surface area contributed by atoms with Crippen LogP contribution in [-0.2, 0) is 24.8 Å². The number of hydrogen-bond acceptors (Lipinski definition) is 5. The molecule has 0 heterocycles. The van der Waals surface area contributed by atoms with E-state index in [2.05, 4.69) is 0 Å². The molecule has 0 unspecified atom stereocenters. The number of carboxylic acids is 1. The van der Waals surface area contributed by atoms with Crippen molar-refractivity contribution in [2.75, 3.05) is 0 Å². The van der Waals surface area contributed by atoms with Crippen LogP contribution in [0.3, 0.4) is 0 Å². The third-order valence-corrected chi connectivity index (χ3v) is 4.33. The van der Waals surface area contributed by atoms with E-state index in [1.807, 2.05) is 0 Å². The van der Waals surface area contributed by atoms with Crippen LogP contribution in [0.25, 0.3) is 0 Å². The Morgan fingerprint density at radius 3 is 2.00 bits per heavy atom. The van der Waals surface area contributed by atoms with Crippen molar-refractivity contribution in [3.8, 4) is 5.75 Å². The van der Waals surface area contributed by atoms with Crippen LogP contribution >= 0.6 is 7.82 Å². The average molecular weight is 362 g/mol. The van der Waals surface area contributed by atoms with E-state index >= 15 is 0 Å². The molecule has 0 aliphatic rings. The van der Waals surface area contributed by atoms with Gasteiger partial charge >= 0.3 is 13.8 Å². The first kappa shape index (κ1) is 20.6. The number of carbonyl (C=O) groups is 1. The van der Waals surface area contributed by atoms with Gasteiger partial charge in [-0.15, -0.1) is 0 Å². The van der Waals surface area contributed by atoms with Crippen LogP contribution in [0.2, 0.25) is 0 Å². The zero-order valence-corrected chi connectivity index (χ0v) is 15.6. The van der Waals surface area contributed by atoms with Crippen molar-refractivity contribution < 1.29 is 32.4 Å². The van der Waals surface area contributed by atoms with Gasteiger partial charge in [0, 0.05) is 6.07 Å². The topological polar surface area (TPSA) is 82.1 Å². The van der Waals surface area contributed by atoms with Crippen LogP contribution in [-0.4, -0.2) is 22.3 Å². The van der Waals surface area contributed by atoms with E-state index in [0.29, 0.717) is 0 Å². The number of carboxylic acid groups (broad SMARTS) is 1. The monoisotopic (exact) mass is 362 g/mol. The summed E-state index contributed by atoms with van der Waals surface area (Å²) in [4.78, 5) is 10.7. The lowest BCUT2D eigenvalue weighted by Gasteiger charge is -2.30. The fraction of sp³-hybridized carbons (Fsp3) is 0.562. The number of hydrogen-bond donors (Lipinski definition) is 1. The van der Waals surface area contributed by atoms with Crippen LogP contribution in [0, 0.1) is 5.82 Å². The van der Waals surface area contributed by atoms with Gasteiger partial charge < -0.3 is 9.63 Å². The molecule has 0 atom stereocenters. The highest BCUT2D eigenvalue weighted by Crippen LogP contribution is 2.55. The van der Waals surface area contributed by atoms with Crippen molar-refractivity contribution in [3.63, 3.8) is 0 Å². The molecule has 6 nitrogen and oxygen atoms in total. The number of benzene rings is 1. The van der Waals surface area contributed by atoms with Gasteiger partial charge in [0.2, 0.25) is 0 Å². The molecule has 0 spiro atoms. The Labute approximate surface area is 141 Å². The minimum Gasteiger partial charge on any atom is -0.481 e. The van der Waals surface area contributed by atoms with Crippen molar-refractivity contribution >= 4 is 13.8 Å². The molecular formula is C16H24FO6P. The summed E-state index contributed by atoms with van der Waals surface area (Å²) in [5, 5.41) is 8.72. The number of phosphoric acid groups is 1. The summed E-state index contributed by atoms with van der Waals surface area (Å²) < 4.78 is 43.0. The van der Waals surface area contributed by atoms with Gasteiger partial charge in [-0.05, 0) is 53.2 Å². The molecule has 0 saturated carbocycles. The minimum absolute atomic E-state index is 0.00170. The van der Waals surface area contributed by atoms with Gasteiger partial charge in [0.05, 0.1) is 17.6 Å². The second-order valence-electron chi connectivity index (χ2n) is 7.27. The quantitative estimate of drug-likeness (QED) is 0.747. The fourth-order valence-electron chi connectivity index (χ4n) is 1.75. The van der Waals surface area contributed by atoms with Crippen LogP contribution in [0.15, 0.2) is 18.2 Å². The molecule has 0 amide bonds. The summed E-state index contributed by atoms with van der Waals surface area (Å²) in [5.74, 6) is -1.99. The predicted molar refractivity (Wildman–Crippen MR) is 87.7 cm³/mol. The van der Waals surface area contributed by atoms with Crippen molar-refractivity contribution in [3.05, 3.63) is 29.6 Å². The molecule has 0 saturated heterocycles. The zero-order valence-electron chi connectivity index (χ0n) is 14.8. The highest BCUT2D eigenvalue weighted by molar-refractivity contribution is 7.49. The Morgan fingerprint density at radius 1 is 1.12 bits per heavy atom. The maximum atomic E-state index is 13.9. The third kappa shape index (κ3) is 7.43. The van der Waals surface area contributed by atoms with Crippen molar-refractivity contribution in [2.45, 2.75) is 59.2 Å². The molecule has 1 aromatic rings. The maximum Gasteiger partial charge on any atom is 0.531 e. The van der Waals surface area contributed by atoms with Crippen LogP contribution in [0.5, 0.6) is 5.75 Å². The van der Waals surface area contributed by atoms with E-state index in [1.54, 1.807) is 41.5 Å². The average Bonchev–Trinajstić information content (AvgIpc) is 2.26. The van der Waals surface area contributed by atoms with Gasteiger partial charge in [-0.2, -0.15) is 0 Å². The first-order valence-corrected chi connectivity index (χ1v) is 8.87. The number of halogens is 1. The molecule has 0 aliphatic heterocycles. The molecule has 8 heteroatoms. The van der Waals surface area contributed by atoms with E-state index in [9.17, 15) is 13.8 Å². The summed E-state index contributed by atoms with van der Waals surface area (Å²) in [7, 11) is -4.03. The molecule has 0 aromatic heterocycles. The molecule has 1 N–H and O–H groups in total. The zero-order chi connectivity index (χ0) is 18.8. The highest BCUT2D eigenvalue weighted by atomic mass is 31.2. The SMILES string of the molecule is CC(C)(C)OP(=O)(Oc1ccc(CC(=O)O)c(F)c1)OC(C)(C)C. The lowest BCUT2D eigenvalue weighted by atomic mass is 10.1. The first-order chi connectivity index (χ1) is 10.7. The summed E-state index contributed by atoms with van der Waals surface area (Å²) in [6.45, 7) is 10.1. The number of aliphatic carboxylic acids is 1. The molecular weight excluding hydrogens is 338 g/mol. The Balaban J connectivity index is 3.08. The van der Waals surface area contributed by atoms with Gasteiger partial charge in [-0.3, -0.25) is 13.8 Å². The van der Waals surface area contributed by atoms with Crippen molar-refractivity contribution in [1.82, 2.24) is 0 Å². The Hall–Kier alpha value is -1.43. The van der Waals surface area contributed by atoms with E-state index in [4.69, 9.17) is 18.7 Å². The van der Waals surface area contributed by atoms with E-state index in [0.717, 1.165) is 6.07 Å². The Kier molecular flexibility index (Phi) is 6.20. The molecule has 0 aliphatic carbocycles. The van der Waals surface area contributed by atoms with Gasteiger partial charge in [-0.25, -0.2) is 8.96 Å². The standard InChI is InChI=1S/C16H24FO6P/c1-15(2,3)22-24(20,23-16(4,5)6)21-12-8-7-11(9-14(18)19)13(17)10-12/h7-8,10H,9H2,1-6H3,(H,18,19). The normalized spacial score (nSPS) is 13.0. The highest BCUT2D eigenvalue weighted by Gasteiger charge is 2.38. The van der Waals surface area contributed by atoms with Gasteiger partial charge in [0.15, 0.2) is 0 Å². The Bertz CT molecular complexity index is 625. The lowest BCUT2D eigenvalue weighted by molar-refractivity contribution is -0.136. The largest absolute Gasteiger partial charge is 0.531 e. The van der Waals surface area contributed by atoms with Crippen LogP contribution < -0.4 is 4.52 Å². The second kappa shape index (κ2) is 7.21. The molecule has 0 radical (unpaired) electrons. The summed E-state index contributed by atoms with van der Waals surface area (Å²) in [5.41, 5.74) is -1.64. The Morgan fingerprint density at radius 2 is 1.62 bits per heavy atom. The summed E-state index contributed by atoms with van der Waals surface area (Å²) in [6.07, 6.45) is -0.458. The lowest BCUT2D eigenvalue weighted by Crippen LogP contribution is -2.25. The molecule has 0 fully saturated rings. The summed E-state index contributed by atoms with van der Waals surface area (Å²) >= 11 is 0. The molecule has 0 bridgehead atoms. The van der Waals surface area contributed by atoms with Crippen LogP contribution in [0.4, 0.5) is 4.39 Å². The molecule has 136 valence electrons. The third-order valence-electron chi connectivity index (χ3n) is 2.35. The van der Waals surface area contributed by atoms with Gasteiger partial charge in [0.25, 0.3) is 0 Å². The number of rotatable bonds is 6. The van der Waals surface area contributed by atoms with Crippen LogP contribution in [0.1, 0.15) is 47.1 Å². The van der Waals surface area contributed by atoms with Crippen molar-refractivity contribution in [2.24, 2.45) is 0 Å².